The summed E-state index contributed by atoms with van der Waals surface area (Å²) >= 11 is 2.34. The number of hydrogen-bond donors (Lipinski definition) is 0. The normalized spacial score (nSPS) is 13.4. The average Bonchev–Trinajstić information content (AvgIpc) is 2.28. The summed E-state index contributed by atoms with van der Waals surface area (Å²) < 4.78 is 1.89. The van der Waals surface area contributed by atoms with Gasteiger partial charge in [0.05, 0.1) is 11.9 Å². The number of alkyl halides is 1. The van der Waals surface area contributed by atoms with Crippen LogP contribution in [0.5, 0.6) is 0 Å². The highest BCUT2D eigenvalue weighted by Crippen LogP contribution is 2.25. The van der Waals surface area contributed by atoms with Crippen LogP contribution in [0.15, 0.2) is 6.20 Å². The molecule has 0 bridgehead atoms. The zero-order chi connectivity index (χ0) is 10.3. The summed E-state index contributed by atoms with van der Waals surface area (Å²) in [6.07, 6.45) is 2.02. The number of hydrogen-bond acceptors (Lipinski definition) is 2. The van der Waals surface area contributed by atoms with Gasteiger partial charge in [0.1, 0.15) is 3.55 Å². The fourth-order valence-corrected chi connectivity index (χ4v) is 1.10. The lowest BCUT2D eigenvalue weighted by molar-refractivity contribution is 0.489. The Morgan fingerprint density at radius 1 is 1.23 bits per heavy atom. The minimum Gasteiger partial charge on any atom is -0.237 e. The summed E-state index contributed by atoms with van der Waals surface area (Å²) in [5.41, 5.74) is 1.12. The van der Waals surface area contributed by atoms with Gasteiger partial charge < -0.3 is 0 Å². The smallest absolute Gasteiger partial charge is 0.110 e. The monoisotopic (exact) mass is 293 g/mol. The Morgan fingerprint density at radius 3 is 2.00 bits per heavy atom. The fraction of sp³-hybridized carbons (Fsp3) is 0.778. The molecule has 0 unspecified atom stereocenters. The van der Waals surface area contributed by atoms with Crippen molar-refractivity contribution < 1.29 is 0 Å². The first-order valence-electron chi connectivity index (χ1n) is 4.33. The van der Waals surface area contributed by atoms with E-state index in [0.717, 1.165) is 5.69 Å². The molecule has 0 aliphatic rings. The highest BCUT2D eigenvalue weighted by molar-refractivity contribution is 14.1. The van der Waals surface area contributed by atoms with Crippen LogP contribution in [0.2, 0.25) is 0 Å². The van der Waals surface area contributed by atoms with E-state index in [0.29, 0.717) is 0 Å². The third kappa shape index (κ3) is 2.65. The molecule has 0 atom stereocenters. The minimum atomic E-state index is -0.00569. The summed E-state index contributed by atoms with van der Waals surface area (Å²) in [5.74, 6) is 0. The molecule has 4 heteroatoms. The van der Waals surface area contributed by atoms with Gasteiger partial charge in [0.25, 0.3) is 0 Å². The molecule has 1 aromatic rings. The van der Waals surface area contributed by atoms with Gasteiger partial charge in [-0.25, -0.2) is 4.68 Å². The summed E-state index contributed by atoms with van der Waals surface area (Å²) in [6.45, 7) is 10.6. The molecule has 0 N–H and O–H groups in total. The summed E-state index contributed by atoms with van der Waals surface area (Å²) in [6, 6.07) is 0. The van der Waals surface area contributed by atoms with E-state index in [1.54, 1.807) is 0 Å². The lowest BCUT2D eigenvalue weighted by Gasteiger charge is -2.16. The summed E-state index contributed by atoms with van der Waals surface area (Å²) in [4.78, 5) is 0. The maximum atomic E-state index is 4.16. The van der Waals surface area contributed by atoms with Crippen molar-refractivity contribution in [2.24, 2.45) is 0 Å². The summed E-state index contributed by atoms with van der Waals surface area (Å²) in [5, 5.41) is 8.28. The fourth-order valence-electron chi connectivity index (χ4n) is 0.867. The van der Waals surface area contributed by atoms with Crippen LogP contribution in [-0.4, -0.2) is 15.0 Å². The van der Waals surface area contributed by atoms with Gasteiger partial charge >= 0.3 is 0 Å². The van der Waals surface area contributed by atoms with Crippen molar-refractivity contribution in [1.29, 1.82) is 0 Å². The Bertz CT molecular complexity index is 262. The molecule has 1 heterocycles. The van der Waals surface area contributed by atoms with E-state index in [9.17, 15) is 0 Å². The van der Waals surface area contributed by atoms with Gasteiger partial charge in [-0.15, -0.1) is 5.10 Å². The van der Waals surface area contributed by atoms with Gasteiger partial charge in [0.2, 0.25) is 0 Å². The Kier molecular flexibility index (Phi) is 2.71. The second-order valence-corrected chi connectivity index (χ2v) is 7.35. The lowest BCUT2D eigenvalue weighted by Crippen LogP contribution is -2.18. The second kappa shape index (κ2) is 3.22. The zero-order valence-electron chi connectivity index (χ0n) is 8.80. The Labute approximate surface area is 93.0 Å². The lowest BCUT2D eigenvalue weighted by atomic mass is 9.93. The van der Waals surface area contributed by atoms with Crippen molar-refractivity contribution >= 4 is 22.6 Å². The molecule has 0 amide bonds. The number of aromatic nitrogens is 3. The molecule has 0 aliphatic heterocycles. The summed E-state index contributed by atoms with van der Waals surface area (Å²) in [7, 11) is 0. The standard InChI is InChI=1S/C9H16IN3/c1-8(2,3)7-6-13(12-11-7)9(4,5)10/h6H,1-5H3. The molecule has 0 saturated heterocycles. The van der Waals surface area contributed by atoms with Crippen molar-refractivity contribution in [3.63, 3.8) is 0 Å². The van der Waals surface area contributed by atoms with Gasteiger partial charge in [0, 0.05) is 5.41 Å². The third-order valence-corrected chi connectivity index (χ3v) is 2.30. The molecule has 0 aliphatic carbocycles. The molecule has 13 heavy (non-hydrogen) atoms. The number of rotatable bonds is 1. The van der Waals surface area contributed by atoms with Crippen molar-refractivity contribution in [1.82, 2.24) is 15.0 Å². The maximum absolute atomic E-state index is 4.16. The first-order valence-corrected chi connectivity index (χ1v) is 5.41. The van der Waals surface area contributed by atoms with Crippen LogP contribution in [0.1, 0.15) is 40.3 Å². The average molecular weight is 293 g/mol. The van der Waals surface area contributed by atoms with E-state index in [-0.39, 0.29) is 8.96 Å². The van der Waals surface area contributed by atoms with E-state index in [4.69, 9.17) is 0 Å². The maximum Gasteiger partial charge on any atom is 0.110 e. The topological polar surface area (TPSA) is 30.7 Å². The molecular formula is C9H16IN3. The van der Waals surface area contributed by atoms with Crippen LogP contribution in [0.25, 0.3) is 0 Å². The SMILES string of the molecule is CC(C)(C)c1cn(C(C)(C)I)nn1. The van der Waals surface area contributed by atoms with Crippen LogP contribution < -0.4 is 0 Å². The molecule has 0 radical (unpaired) electrons. The molecule has 0 spiro atoms. The van der Waals surface area contributed by atoms with Crippen LogP contribution in [-0.2, 0) is 8.96 Å². The van der Waals surface area contributed by atoms with Gasteiger partial charge in [-0.2, -0.15) is 0 Å². The van der Waals surface area contributed by atoms with Crippen molar-refractivity contribution in [3.8, 4) is 0 Å². The quantitative estimate of drug-likeness (QED) is 0.589. The number of halogens is 1. The highest BCUT2D eigenvalue weighted by atomic mass is 127. The van der Waals surface area contributed by atoms with E-state index in [1.807, 2.05) is 10.9 Å². The van der Waals surface area contributed by atoms with E-state index < -0.39 is 0 Å². The minimum absolute atomic E-state index is 0.00569. The molecule has 3 nitrogen and oxygen atoms in total. The third-order valence-electron chi connectivity index (χ3n) is 1.81. The zero-order valence-corrected chi connectivity index (χ0v) is 11.0. The van der Waals surface area contributed by atoms with Crippen molar-refractivity contribution in [3.05, 3.63) is 11.9 Å². The van der Waals surface area contributed by atoms with Crippen LogP contribution in [0, 0.1) is 0 Å². The predicted octanol–water partition coefficient (Wildman–Crippen LogP) is 2.70. The largest absolute Gasteiger partial charge is 0.237 e. The molecule has 1 rings (SSSR count). The van der Waals surface area contributed by atoms with Gasteiger partial charge in [-0.1, -0.05) is 48.6 Å². The van der Waals surface area contributed by atoms with Crippen molar-refractivity contribution in [2.75, 3.05) is 0 Å². The first kappa shape index (κ1) is 10.9. The van der Waals surface area contributed by atoms with Gasteiger partial charge in [0.15, 0.2) is 0 Å². The Balaban J connectivity index is 3.01. The van der Waals surface area contributed by atoms with Gasteiger partial charge in [-0.3, -0.25) is 0 Å². The molecule has 74 valence electrons. The molecular weight excluding hydrogens is 277 g/mol. The molecule has 0 aromatic carbocycles. The van der Waals surface area contributed by atoms with Crippen LogP contribution in [0.3, 0.4) is 0 Å². The molecule has 0 fully saturated rings. The van der Waals surface area contributed by atoms with Crippen LogP contribution in [0.4, 0.5) is 0 Å². The van der Waals surface area contributed by atoms with Crippen molar-refractivity contribution in [2.45, 2.75) is 43.6 Å². The van der Waals surface area contributed by atoms with E-state index in [1.165, 1.54) is 0 Å². The van der Waals surface area contributed by atoms with Crippen LogP contribution >= 0.6 is 22.6 Å². The highest BCUT2D eigenvalue weighted by Gasteiger charge is 2.22. The predicted molar refractivity (Wildman–Crippen MR) is 62.1 cm³/mol. The van der Waals surface area contributed by atoms with E-state index in [2.05, 4.69) is 67.5 Å². The second-order valence-electron chi connectivity index (χ2n) is 4.71. The molecule has 1 aromatic heterocycles. The van der Waals surface area contributed by atoms with Gasteiger partial charge in [-0.05, 0) is 13.8 Å². The molecule has 0 saturated carbocycles. The number of nitrogens with zero attached hydrogens (tertiary/aromatic N) is 3. The Hall–Kier alpha value is -0.130. The van der Waals surface area contributed by atoms with E-state index >= 15 is 0 Å². The Morgan fingerprint density at radius 2 is 1.77 bits per heavy atom. The first-order chi connectivity index (χ1) is 5.71.